The number of fused-ring (bicyclic) bond motifs is 1. The van der Waals surface area contributed by atoms with E-state index in [1.54, 1.807) is 7.11 Å². The van der Waals surface area contributed by atoms with Gasteiger partial charge in [-0.3, -0.25) is 0 Å². The van der Waals surface area contributed by atoms with E-state index in [9.17, 15) is 0 Å². The molecule has 0 aliphatic heterocycles. The molecule has 1 heterocycles. The van der Waals surface area contributed by atoms with Crippen LogP contribution in [0.15, 0.2) is 48.5 Å². The third kappa shape index (κ3) is 1.99. The van der Waals surface area contributed by atoms with Gasteiger partial charge in [-0.15, -0.1) is 0 Å². The first-order valence-corrected chi connectivity index (χ1v) is 6.30. The Hall–Kier alpha value is -2.80. The van der Waals surface area contributed by atoms with Crippen LogP contribution in [0.3, 0.4) is 0 Å². The zero-order chi connectivity index (χ0) is 13.9. The molecule has 4 nitrogen and oxygen atoms in total. The molecule has 20 heavy (non-hydrogen) atoms. The normalized spacial score (nSPS) is 10.4. The molecule has 0 saturated heterocycles. The number of nitriles is 1. The molecule has 0 bridgehead atoms. The number of benzene rings is 2. The quantitative estimate of drug-likeness (QED) is 0.729. The maximum absolute atomic E-state index is 9.03. The van der Waals surface area contributed by atoms with Crippen LogP contribution >= 0.6 is 0 Å². The smallest absolute Gasteiger partial charge is 0.142 e. The molecule has 0 N–H and O–H groups in total. The van der Waals surface area contributed by atoms with Gasteiger partial charge in [0.15, 0.2) is 0 Å². The van der Waals surface area contributed by atoms with Crippen LogP contribution in [-0.2, 0) is 6.54 Å². The fourth-order valence-corrected chi connectivity index (χ4v) is 2.27. The van der Waals surface area contributed by atoms with Crippen molar-refractivity contribution in [1.82, 2.24) is 9.55 Å². The standard InChI is InChI=1S/C16H13N3O/c1-20-13-8-6-12(7-9-13)16-18-14-4-2-3-5-15(14)19(16)11-10-17/h2-9H,11H2,1H3. The number of imidazole rings is 1. The van der Waals surface area contributed by atoms with E-state index >= 15 is 0 Å². The van der Waals surface area contributed by atoms with Crippen molar-refractivity contribution >= 4 is 11.0 Å². The summed E-state index contributed by atoms with van der Waals surface area (Å²) in [5.41, 5.74) is 2.84. The summed E-state index contributed by atoms with van der Waals surface area (Å²) in [4.78, 5) is 4.63. The molecule has 0 amide bonds. The van der Waals surface area contributed by atoms with Crippen LogP contribution in [0.1, 0.15) is 0 Å². The lowest BCUT2D eigenvalue weighted by molar-refractivity contribution is 0.415. The molecular formula is C16H13N3O. The molecule has 0 saturated carbocycles. The van der Waals surface area contributed by atoms with Crippen LogP contribution in [0.25, 0.3) is 22.4 Å². The number of methoxy groups -OCH3 is 1. The van der Waals surface area contributed by atoms with Crippen LogP contribution in [0.2, 0.25) is 0 Å². The fraction of sp³-hybridized carbons (Fsp3) is 0.125. The zero-order valence-electron chi connectivity index (χ0n) is 11.1. The number of aromatic nitrogens is 2. The molecule has 0 aliphatic rings. The zero-order valence-corrected chi connectivity index (χ0v) is 11.1. The average molecular weight is 263 g/mol. The number of rotatable bonds is 3. The molecule has 0 radical (unpaired) electrons. The summed E-state index contributed by atoms with van der Waals surface area (Å²) < 4.78 is 7.09. The van der Waals surface area contributed by atoms with Crippen molar-refractivity contribution in [2.75, 3.05) is 7.11 Å². The highest BCUT2D eigenvalue weighted by molar-refractivity contribution is 5.80. The van der Waals surface area contributed by atoms with E-state index in [4.69, 9.17) is 10.00 Å². The van der Waals surface area contributed by atoms with Crippen LogP contribution in [0.4, 0.5) is 0 Å². The van der Waals surface area contributed by atoms with E-state index in [0.717, 1.165) is 28.2 Å². The van der Waals surface area contributed by atoms with Gasteiger partial charge in [0, 0.05) is 5.56 Å². The minimum atomic E-state index is 0.280. The molecule has 3 aromatic rings. The molecule has 0 unspecified atom stereocenters. The molecular weight excluding hydrogens is 250 g/mol. The highest BCUT2D eigenvalue weighted by Gasteiger charge is 2.11. The second-order valence-corrected chi connectivity index (χ2v) is 4.40. The second-order valence-electron chi connectivity index (χ2n) is 4.40. The van der Waals surface area contributed by atoms with Crippen molar-refractivity contribution in [2.24, 2.45) is 0 Å². The molecule has 0 fully saturated rings. The van der Waals surface area contributed by atoms with E-state index in [0.29, 0.717) is 0 Å². The monoisotopic (exact) mass is 263 g/mol. The lowest BCUT2D eigenvalue weighted by atomic mass is 10.2. The SMILES string of the molecule is COc1ccc(-c2nc3ccccc3n2CC#N)cc1. The van der Waals surface area contributed by atoms with Crippen molar-refractivity contribution in [3.8, 4) is 23.2 Å². The van der Waals surface area contributed by atoms with Crippen molar-refractivity contribution < 1.29 is 4.74 Å². The third-order valence-corrected chi connectivity index (χ3v) is 3.23. The summed E-state index contributed by atoms with van der Waals surface area (Å²) in [7, 11) is 1.64. The van der Waals surface area contributed by atoms with Crippen LogP contribution < -0.4 is 4.74 Å². The highest BCUT2D eigenvalue weighted by Crippen LogP contribution is 2.26. The topological polar surface area (TPSA) is 50.8 Å². The number of hydrogen-bond donors (Lipinski definition) is 0. The number of nitrogens with zero attached hydrogens (tertiary/aromatic N) is 3. The van der Waals surface area contributed by atoms with Gasteiger partial charge in [0.1, 0.15) is 18.1 Å². The molecule has 0 aliphatic carbocycles. The minimum absolute atomic E-state index is 0.280. The predicted molar refractivity (Wildman–Crippen MR) is 77.3 cm³/mol. The van der Waals surface area contributed by atoms with E-state index in [2.05, 4.69) is 11.1 Å². The number of ether oxygens (including phenoxy) is 1. The molecule has 0 spiro atoms. The maximum atomic E-state index is 9.03. The van der Waals surface area contributed by atoms with Crippen LogP contribution in [-0.4, -0.2) is 16.7 Å². The van der Waals surface area contributed by atoms with Crippen LogP contribution in [0.5, 0.6) is 5.75 Å². The molecule has 3 rings (SSSR count). The van der Waals surface area contributed by atoms with E-state index in [1.807, 2.05) is 53.1 Å². The summed E-state index contributed by atoms with van der Waals surface area (Å²) in [6.07, 6.45) is 0. The second kappa shape index (κ2) is 5.06. The molecule has 98 valence electrons. The Kier molecular flexibility index (Phi) is 3.10. The third-order valence-electron chi connectivity index (χ3n) is 3.23. The van der Waals surface area contributed by atoms with Gasteiger partial charge in [0.2, 0.25) is 0 Å². The Labute approximate surface area is 116 Å². The largest absolute Gasteiger partial charge is 0.497 e. The molecule has 2 aromatic carbocycles. The van der Waals surface area contributed by atoms with Gasteiger partial charge in [-0.1, -0.05) is 12.1 Å². The van der Waals surface area contributed by atoms with Gasteiger partial charge in [-0.05, 0) is 36.4 Å². The van der Waals surface area contributed by atoms with Crippen LogP contribution in [0, 0.1) is 11.3 Å². The van der Waals surface area contributed by atoms with Gasteiger partial charge in [0.25, 0.3) is 0 Å². The van der Waals surface area contributed by atoms with E-state index in [1.165, 1.54) is 0 Å². The summed E-state index contributed by atoms with van der Waals surface area (Å²) in [6, 6.07) is 17.7. The lowest BCUT2D eigenvalue weighted by Gasteiger charge is -2.05. The van der Waals surface area contributed by atoms with Gasteiger partial charge < -0.3 is 9.30 Å². The Morgan fingerprint density at radius 3 is 2.60 bits per heavy atom. The summed E-state index contributed by atoms with van der Waals surface area (Å²) in [5, 5.41) is 9.03. The minimum Gasteiger partial charge on any atom is -0.497 e. The fourth-order valence-electron chi connectivity index (χ4n) is 2.27. The van der Waals surface area contributed by atoms with Gasteiger partial charge in [-0.2, -0.15) is 5.26 Å². The van der Waals surface area contributed by atoms with Gasteiger partial charge >= 0.3 is 0 Å². The van der Waals surface area contributed by atoms with E-state index in [-0.39, 0.29) is 6.54 Å². The van der Waals surface area contributed by atoms with Gasteiger partial charge in [-0.25, -0.2) is 4.98 Å². The number of hydrogen-bond acceptors (Lipinski definition) is 3. The summed E-state index contributed by atoms with van der Waals surface area (Å²) in [5.74, 6) is 1.60. The lowest BCUT2D eigenvalue weighted by Crippen LogP contribution is -1.98. The van der Waals surface area contributed by atoms with Crippen molar-refractivity contribution in [3.05, 3.63) is 48.5 Å². The first kappa shape index (κ1) is 12.2. The Balaban J connectivity index is 2.18. The first-order chi connectivity index (χ1) is 9.83. The Bertz CT molecular complexity index is 782. The van der Waals surface area contributed by atoms with E-state index < -0.39 is 0 Å². The Morgan fingerprint density at radius 1 is 1.15 bits per heavy atom. The number of para-hydroxylation sites is 2. The summed E-state index contributed by atoms with van der Waals surface area (Å²) >= 11 is 0. The van der Waals surface area contributed by atoms with Crippen molar-refractivity contribution in [2.45, 2.75) is 6.54 Å². The molecule has 1 aromatic heterocycles. The van der Waals surface area contributed by atoms with Crippen molar-refractivity contribution in [1.29, 1.82) is 5.26 Å². The molecule has 0 atom stereocenters. The summed E-state index contributed by atoms with van der Waals surface area (Å²) in [6.45, 7) is 0.280. The molecule has 4 heteroatoms. The average Bonchev–Trinajstić information content (AvgIpc) is 2.87. The Morgan fingerprint density at radius 2 is 1.90 bits per heavy atom. The maximum Gasteiger partial charge on any atom is 0.142 e. The predicted octanol–water partition coefficient (Wildman–Crippen LogP) is 3.24. The first-order valence-electron chi connectivity index (χ1n) is 6.30. The van der Waals surface area contributed by atoms with Gasteiger partial charge in [0.05, 0.1) is 24.2 Å². The highest BCUT2D eigenvalue weighted by atomic mass is 16.5. The van der Waals surface area contributed by atoms with Crippen molar-refractivity contribution in [3.63, 3.8) is 0 Å².